The molecule has 0 bridgehead atoms. The Morgan fingerprint density at radius 1 is 0.625 bits per heavy atom. The molecular formula is C22H22Cl2N2O4S2. The van der Waals surface area contributed by atoms with E-state index in [-0.39, 0.29) is 21.2 Å². The summed E-state index contributed by atoms with van der Waals surface area (Å²) in [6, 6.07) is 12.3. The molecule has 0 spiro atoms. The normalized spacial score (nSPS) is 11.9. The number of benzene rings is 3. The van der Waals surface area contributed by atoms with E-state index in [9.17, 15) is 16.8 Å². The molecule has 0 saturated carbocycles. The molecule has 0 unspecified atom stereocenters. The summed E-state index contributed by atoms with van der Waals surface area (Å²) >= 11 is 12.2. The third kappa shape index (κ3) is 4.88. The Kier molecular flexibility index (Phi) is 6.81. The molecule has 32 heavy (non-hydrogen) atoms. The van der Waals surface area contributed by atoms with Crippen molar-refractivity contribution in [1.82, 2.24) is 0 Å². The minimum absolute atomic E-state index is 0.00252. The van der Waals surface area contributed by atoms with Gasteiger partial charge in [-0.1, -0.05) is 35.3 Å². The molecule has 0 atom stereocenters. The van der Waals surface area contributed by atoms with Crippen LogP contribution in [-0.2, 0) is 20.0 Å². The van der Waals surface area contributed by atoms with Crippen molar-refractivity contribution in [2.75, 3.05) is 9.44 Å². The van der Waals surface area contributed by atoms with Crippen molar-refractivity contribution >= 4 is 54.6 Å². The van der Waals surface area contributed by atoms with Gasteiger partial charge in [0.2, 0.25) is 0 Å². The second-order valence-corrected chi connectivity index (χ2v) is 11.5. The molecule has 0 amide bonds. The van der Waals surface area contributed by atoms with E-state index < -0.39 is 20.0 Å². The number of sulfonamides is 2. The van der Waals surface area contributed by atoms with Gasteiger partial charge in [0, 0.05) is 10.0 Å². The van der Waals surface area contributed by atoms with Crippen LogP contribution in [0.1, 0.15) is 22.3 Å². The van der Waals surface area contributed by atoms with E-state index in [2.05, 4.69) is 9.44 Å². The van der Waals surface area contributed by atoms with Crippen LogP contribution in [0.15, 0.2) is 58.3 Å². The monoisotopic (exact) mass is 512 g/mol. The number of rotatable bonds is 6. The summed E-state index contributed by atoms with van der Waals surface area (Å²) in [6.07, 6.45) is 0. The molecule has 3 aromatic rings. The van der Waals surface area contributed by atoms with E-state index in [1.165, 1.54) is 24.3 Å². The van der Waals surface area contributed by atoms with Crippen LogP contribution < -0.4 is 9.44 Å². The highest BCUT2D eigenvalue weighted by atomic mass is 35.5. The molecule has 0 aliphatic rings. The van der Waals surface area contributed by atoms with Gasteiger partial charge in [0.15, 0.2) is 0 Å². The predicted octanol–water partition coefficient (Wildman–Crippen LogP) is 5.83. The Balaban J connectivity index is 2.09. The van der Waals surface area contributed by atoms with Crippen LogP contribution in [0.25, 0.3) is 0 Å². The van der Waals surface area contributed by atoms with Crippen molar-refractivity contribution < 1.29 is 16.8 Å². The summed E-state index contributed by atoms with van der Waals surface area (Å²) in [5.41, 5.74) is 2.54. The van der Waals surface area contributed by atoms with Gasteiger partial charge in [-0.3, -0.25) is 9.44 Å². The SMILES string of the molecule is Cc1cc(NS(=O)(=O)c2cccc(Cl)c2C)c(NS(=O)(=O)c2cccc(Cl)c2C)cc1C. The molecule has 0 aliphatic carbocycles. The Hall–Kier alpha value is -2.26. The second kappa shape index (κ2) is 8.94. The predicted molar refractivity (Wildman–Crippen MR) is 130 cm³/mol. The number of halogens is 2. The third-order valence-electron chi connectivity index (χ3n) is 5.14. The van der Waals surface area contributed by atoms with Crippen LogP contribution >= 0.6 is 23.2 Å². The number of hydrogen-bond donors (Lipinski definition) is 2. The van der Waals surface area contributed by atoms with Crippen molar-refractivity contribution in [2.45, 2.75) is 37.5 Å². The maximum Gasteiger partial charge on any atom is 0.262 e. The van der Waals surface area contributed by atoms with Gasteiger partial charge in [-0.15, -0.1) is 0 Å². The number of anilines is 2. The summed E-state index contributed by atoms with van der Waals surface area (Å²) in [4.78, 5) is 0.00504. The van der Waals surface area contributed by atoms with Crippen molar-refractivity contribution in [3.8, 4) is 0 Å². The van der Waals surface area contributed by atoms with E-state index >= 15 is 0 Å². The molecule has 0 aromatic heterocycles. The van der Waals surface area contributed by atoms with Gasteiger partial charge in [-0.2, -0.15) is 0 Å². The van der Waals surface area contributed by atoms with E-state index in [1.54, 1.807) is 52.0 Å². The lowest BCUT2D eigenvalue weighted by Gasteiger charge is -2.18. The fourth-order valence-corrected chi connectivity index (χ4v) is 6.28. The van der Waals surface area contributed by atoms with Crippen LogP contribution in [0.4, 0.5) is 11.4 Å². The lowest BCUT2D eigenvalue weighted by atomic mass is 10.1. The first-order valence-corrected chi connectivity index (χ1v) is 13.2. The Morgan fingerprint density at radius 3 is 1.31 bits per heavy atom. The topological polar surface area (TPSA) is 92.3 Å². The maximum atomic E-state index is 13.1. The first-order valence-electron chi connectivity index (χ1n) is 9.50. The number of hydrogen-bond acceptors (Lipinski definition) is 4. The molecule has 6 nitrogen and oxygen atoms in total. The zero-order valence-corrected chi connectivity index (χ0v) is 21.0. The van der Waals surface area contributed by atoms with Crippen molar-refractivity contribution in [2.24, 2.45) is 0 Å². The lowest BCUT2D eigenvalue weighted by molar-refractivity contribution is 0.598. The summed E-state index contributed by atoms with van der Waals surface area (Å²) in [5, 5.41) is 0.621. The van der Waals surface area contributed by atoms with E-state index in [0.717, 1.165) is 11.1 Å². The van der Waals surface area contributed by atoms with Crippen LogP contribution in [-0.4, -0.2) is 16.8 Å². The fourth-order valence-electron chi connectivity index (χ4n) is 3.14. The zero-order chi connectivity index (χ0) is 23.8. The van der Waals surface area contributed by atoms with Gasteiger partial charge in [-0.05, 0) is 86.3 Å². The van der Waals surface area contributed by atoms with Crippen LogP contribution in [0.3, 0.4) is 0 Å². The van der Waals surface area contributed by atoms with Gasteiger partial charge in [0.1, 0.15) is 0 Å². The average Bonchev–Trinajstić information content (AvgIpc) is 2.69. The summed E-state index contributed by atoms with van der Waals surface area (Å²) in [5.74, 6) is 0. The molecule has 3 aromatic carbocycles. The minimum Gasteiger partial charge on any atom is -0.277 e. The largest absolute Gasteiger partial charge is 0.277 e. The second-order valence-electron chi connectivity index (χ2n) is 7.42. The van der Waals surface area contributed by atoms with Gasteiger partial charge in [0.05, 0.1) is 21.2 Å². The zero-order valence-electron chi connectivity index (χ0n) is 17.8. The molecule has 0 heterocycles. The highest BCUT2D eigenvalue weighted by Gasteiger charge is 2.24. The Morgan fingerprint density at radius 2 is 0.969 bits per heavy atom. The smallest absolute Gasteiger partial charge is 0.262 e. The third-order valence-corrected chi connectivity index (χ3v) is 8.98. The van der Waals surface area contributed by atoms with E-state index in [0.29, 0.717) is 21.2 Å². The molecule has 170 valence electrons. The van der Waals surface area contributed by atoms with Gasteiger partial charge >= 0.3 is 0 Å². The molecule has 0 fully saturated rings. The minimum atomic E-state index is -4.04. The lowest BCUT2D eigenvalue weighted by Crippen LogP contribution is -2.19. The maximum absolute atomic E-state index is 13.1. The van der Waals surface area contributed by atoms with E-state index in [1.807, 2.05) is 0 Å². The molecule has 10 heteroatoms. The highest BCUT2D eigenvalue weighted by Crippen LogP contribution is 2.33. The fraction of sp³-hybridized carbons (Fsp3) is 0.182. The van der Waals surface area contributed by atoms with Gasteiger partial charge < -0.3 is 0 Å². The molecular weight excluding hydrogens is 491 g/mol. The standard InChI is InChI=1S/C22H22Cl2N2O4S2/c1-13-11-19(25-31(27,28)21-9-5-7-17(23)15(21)3)20(12-14(13)2)26-32(29,30)22-10-6-8-18(24)16(22)4/h5-12,25-26H,1-4H3. The van der Waals surface area contributed by atoms with Crippen molar-refractivity contribution in [3.63, 3.8) is 0 Å². The average molecular weight is 513 g/mol. The molecule has 3 rings (SSSR count). The summed E-state index contributed by atoms with van der Waals surface area (Å²) in [6.45, 7) is 6.81. The van der Waals surface area contributed by atoms with E-state index in [4.69, 9.17) is 23.2 Å². The number of aryl methyl sites for hydroxylation is 2. The molecule has 0 radical (unpaired) electrons. The van der Waals surface area contributed by atoms with Gasteiger partial charge in [-0.25, -0.2) is 16.8 Å². The quantitative estimate of drug-likeness (QED) is 0.434. The van der Waals surface area contributed by atoms with Crippen molar-refractivity contribution in [1.29, 1.82) is 0 Å². The molecule has 0 aliphatic heterocycles. The Bertz CT molecular complexity index is 1310. The first-order chi connectivity index (χ1) is 14.8. The summed E-state index contributed by atoms with van der Waals surface area (Å²) in [7, 11) is -8.09. The van der Waals surface area contributed by atoms with Crippen LogP contribution in [0.2, 0.25) is 10.0 Å². The van der Waals surface area contributed by atoms with Crippen molar-refractivity contribution in [3.05, 3.63) is 80.8 Å². The Labute approximate surface area is 198 Å². The van der Waals surface area contributed by atoms with Crippen LogP contribution in [0, 0.1) is 27.7 Å². The van der Waals surface area contributed by atoms with Gasteiger partial charge in [0.25, 0.3) is 20.0 Å². The molecule has 2 N–H and O–H groups in total. The molecule has 0 saturated heterocycles. The highest BCUT2D eigenvalue weighted by molar-refractivity contribution is 7.93. The van der Waals surface area contributed by atoms with Crippen LogP contribution in [0.5, 0.6) is 0 Å². The number of nitrogens with one attached hydrogen (secondary N) is 2. The summed E-state index contributed by atoms with van der Waals surface area (Å²) < 4.78 is 57.4. The first kappa shape index (κ1) is 24.4.